The molecule has 0 rings (SSSR count). The third-order valence-corrected chi connectivity index (χ3v) is 2.70. The Morgan fingerprint density at radius 1 is 1.06 bits per heavy atom. The number of hydrogen-bond acceptors (Lipinski definition) is 3. The lowest BCUT2D eigenvalue weighted by atomic mass is 10.3. The number of nitrogens with one attached hydrogen (secondary N) is 1. The van der Waals surface area contributed by atoms with E-state index in [1.165, 1.54) is 0 Å². The molecule has 0 aromatic heterocycles. The maximum atomic E-state index is 5.58. The van der Waals surface area contributed by atoms with Gasteiger partial charge in [-0.1, -0.05) is 13.8 Å². The van der Waals surface area contributed by atoms with Gasteiger partial charge >= 0.3 is 0 Å². The van der Waals surface area contributed by atoms with Gasteiger partial charge in [-0.05, 0) is 40.3 Å². The Balaban J connectivity index is 3.10. The summed E-state index contributed by atoms with van der Waals surface area (Å²) in [4.78, 5) is 2.35. The van der Waals surface area contributed by atoms with E-state index in [1.807, 2.05) is 0 Å². The van der Waals surface area contributed by atoms with E-state index in [-0.39, 0.29) is 0 Å². The molecule has 0 aliphatic carbocycles. The van der Waals surface area contributed by atoms with Crippen molar-refractivity contribution in [1.29, 1.82) is 0 Å². The van der Waals surface area contributed by atoms with Crippen LogP contribution in [0.15, 0.2) is 0 Å². The average molecular weight is 230 g/mol. The first-order chi connectivity index (χ1) is 7.54. The summed E-state index contributed by atoms with van der Waals surface area (Å²) in [6.07, 6.45) is 2.24. The molecular formula is C13H30N2O. The zero-order valence-corrected chi connectivity index (χ0v) is 11.8. The molecule has 3 nitrogen and oxygen atoms in total. The van der Waals surface area contributed by atoms with Crippen molar-refractivity contribution in [2.24, 2.45) is 0 Å². The van der Waals surface area contributed by atoms with Crippen molar-refractivity contribution in [3.05, 3.63) is 0 Å². The van der Waals surface area contributed by atoms with Crippen LogP contribution in [0.5, 0.6) is 0 Å². The first kappa shape index (κ1) is 15.9. The Morgan fingerprint density at radius 3 is 2.25 bits per heavy atom. The van der Waals surface area contributed by atoms with E-state index in [0.29, 0.717) is 12.1 Å². The minimum atomic E-state index is 0.583. The van der Waals surface area contributed by atoms with Crippen molar-refractivity contribution in [2.45, 2.75) is 52.6 Å². The standard InChI is InChI=1S/C13H30N2O/c1-12(2)14-8-6-10-16-11-7-9-15(5)13(3)4/h12-14H,6-11H2,1-5H3. The van der Waals surface area contributed by atoms with Gasteiger partial charge < -0.3 is 15.0 Å². The second kappa shape index (κ2) is 10.1. The molecule has 98 valence electrons. The normalized spacial score (nSPS) is 12.0. The molecule has 0 unspecified atom stereocenters. The van der Waals surface area contributed by atoms with Gasteiger partial charge in [-0.25, -0.2) is 0 Å². The van der Waals surface area contributed by atoms with Crippen molar-refractivity contribution in [3.8, 4) is 0 Å². The van der Waals surface area contributed by atoms with E-state index in [9.17, 15) is 0 Å². The van der Waals surface area contributed by atoms with Crippen molar-refractivity contribution >= 4 is 0 Å². The van der Waals surface area contributed by atoms with Crippen LogP contribution in [0, 0.1) is 0 Å². The van der Waals surface area contributed by atoms with Gasteiger partial charge in [0.25, 0.3) is 0 Å². The van der Waals surface area contributed by atoms with E-state index in [1.54, 1.807) is 0 Å². The van der Waals surface area contributed by atoms with Crippen molar-refractivity contribution in [1.82, 2.24) is 10.2 Å². The molecule has 0 aliphatic heterocycles. The predicted octanol–water partition coefficient (Wildman–Crippen LogP) is 2.12. The quantitative estimate of drug-likeness (QED) is 0.582. The summed E-state index contributed by atoms with van der Waals surface area (Å²) in [5, 5.41) is 3.38. The van der Waals surface area contributed by atoms with Crippen LogP contribution in [0.25, 0.3) is 0 Å². The smallest absolute Gasteiger partial charge is 0.0478 e. The van der Waals surface area contributed by atoms with E-state index in [4.69, 9.17) is 4.74 Å². The summed E-state index contributed by atoms with van der Waals surface area (Å²) in [5.74, 6) is 0. The van der Waals surface area contributed by atoms with E-state index >= 15 is 0 Å². The largest absolute Gasteiger partial charge is 0.381 e. The molecule has 0 aliphatic rings. The second-order valence-corrected chi connectivity index (χ2v) is 5.00. The molecule has 0 radical (unpaired) electrons. The SMILES string of the molecule is CC(C)NCCCOCCCN(C)C(C)C. The minimum Gasteiger partial charge on any atom is -0.381 e. The fourth-order valence-corrected chi connectivity index (χ4v) is 1.34. The fraction of sp³-hybridized carbons (Fsp3) is 1.00. The van der Waals surface area contributed by atoms with Crippen LogP contribution in [0.3, 0.4) is 0 Å². The molecular weight excluding hydrogens is 200 g/mol. The van der Waals surface area contributed by atoms with E-state index in [2.05, 4.69) is 45.0 Å². The topological polar surface area (TPSA) is 24.5 Å². The van der Waals surface area contributed by atoms with Crippen molar-refractivity contribution in [3.63, 3.8) is 0 Å². The van der Waals surface area contributed by atoms with Crippen LogP contribution in [-0.2, 0) is 4.74 Å². The molecule has 0 aromatic rings. The van der Waals surface area contributed by atoms with Gasteiger partial charge in [0, 0.05) is 31.8 Å². The molecule has 1 N–H and O–H groups in total. The molecule has 0 heterocycles. The summed E-state index contributed by atoms with van der Waals surface area (Å²) < 4.78 is 5.58. The lowest BCUT2D eigenvalue weighted by Crippen LogP contribution is -2.28. The third kappa shape index (κ3) is 10.4. The highest BCUT2D eigenvalue weighted by Gasteiger charge is 2.01. The van der Waals surface area contributed by atoms with E-state index in [0.717, 1.165) is 39.1 Å². The molecule has 0 bridgehead atoms. The Hall–Kier alpha value is -0.120. The molecule has 0 amide bonds. The molecule has 16 heavy (non-hydrogen) atoms. The van der Waals surface area contributed by atoms with Crippen LogP contribution in [-0.4, -0.2) is 50.3 Å². The van der Waals surface area contributed by atoms with Gasteiger partial charge in [-0.3, -0.25) is 0 Å². The Kier molecular flexibility index (Phi) is 9.99. The van der Waals surface area contributed by atoms with Gasteiger partial charge in [-0.2, -0.15) is 0 Å². The molecule has 0 atom stereocenters. The summed E-state index contributed by atoms with van der Waals surface area (Å²) in [7, 11) is 2.16. The van der Waals surface area contributed by atoms with Crippen LogP contribution in [0.4, 0.5) is 0 Å². The van der Waals surface area contributed by atoms with Crippen LogP contribution >= 0.6 is 0 Å². The molecule has 3 heteroatoms. The molecule has 0 aromatic carbocycles. The highest BCUT2D eigenvalue weighted by Crippen LogP contribution is 1.95. The summed E-state index contributed by atoms with van der Waals surface area (Å²) in [6, 6.07) is 1.22. The number of ether oxygens (including phenoxy) is 1. The third-order valence-electron chi connectivity index (χ3n) is 2.70. The first-order valence-corrected chi connectivity index (χ1v) is 6.55. The highest BCUT2D eigenvalue weighted by molar-refractivity contribution is 4.56. The summed E-state index contributed by atoms with van der Waals surface area (Å²) in [6.45, 7) is 12.7. The van der Waals surface area contributed by atoms with Gasteiger partial charge in [0.05, 0.1) is 0 Å². The van der Waals surface area contributed by atoms with Crippen LogP contribution < -0.4 is 5.32 Å². The number of nitrogens with zero attached hydrogens (tertiary/aromatic N) is 1. The minimum absolute atomic E-state index is 0.583. The average Bonchev–Trinajstić information content (AvgIpc) is 2.21. The maximum Gasteiger partial charge on any atom is 0.0478 e. The number of rotatable bonds is 10. The zero-order chi connectivity index (χ0) is 12.4. The maximum absolute atomic E-state index is 5.58. The van der Waals surface area contributed by atoms with Crippen molar-refractivity contribution < 1.29 is 4.74 Å². The van der Waals surface area contributed by atoms with E-state index < -0.39 is 0 Å². The predicted molar refractivity (Wildman–Crippen MR) is 71.0 cm³/mol. The van der Waals surface area contributed by atoms with Gasteiger partial charge in [0.15, 0.2) is 0 Å². The molecule has 0 spiro atoms. The summed E-state index contributed by atoms with van der Waals surface area (Å²) in [5.41, 5.74) is 0. The van der Waals surface area contributed by atoms with Crippen LogP contribution in [0.2, 0.25) is 0 Å². The zero-order valence-electron chi connectivity index (χ0n) is 11.8. The lowest BCUT2D eigenvalue weighted by Gasteiger charge is -2.20. The van der Waals surface area contributed by atoms with Gasteiger partial charge in [0.2, 0.25) is 0 Å². The Labute approximate surface area is 102 Å². The van der Waals surface area contributed by atoms with Crippen LogP contribution in [0.1, 0.15) is 40.5 Å². The monoisotopic (exact) mass is 230 g/mol. The van der Waals surface area contributed by atoms with Crippen molar-refractivity contribution in [2.75, 3.05) is 33.4 Å². The Morgan fingerprint density at radius 2 is 1.69 bits per heavy atom. The van der Waals surface area contributed by atoms with Gasteiger partial charge in [0.1, 0.15) is 0 Å². The molecule has 0 saturated heterocycles. The molecule has 0 saturated carbocycles. The lowest BCUT2D eigenvalue weighted by molar-refractivity contribution is 0.118. The Bertz CT molecular complexity index is 149. The number of hydrogen-bond donors (Lipinski definition) is 1. The fourth-order valence-electron chi connectivity index (χ4n) is 1.34. The molecule has 0 fully saturated rings. The first-order valence-electron chi connectivity index (χ1n) is 6.55. The summed E-state index contributed by atoms with van der Waals surface area (Å²) >= 11 is 0. The van der Waals surface area contributed by atoms with Gasteiger partial charge in [-0.15, -0.1) is 0 Å². The highest BCUT2D eigenvalue weighted by atomic mass is 16.5. The second-order valence-electron chi connectivity index (χ2n) is 5.00.